The number of pyridine rings is 1. The molecule has 0 aromatic carbocycles. The fraction of sp³-hybridized carbons (Fsp3) is 0.412. The molecule has 1 unspecified atom stereocenters. The molecule has 3 heterocycles. The molecule has 1 aliphatic heterocycles. The summed E-state index contributed by atoms with van der Waals surface area (Å²) in [5, 5.41) is 9.34. The molecular formula is C17H22N6O2. The van der Waals surface area contributed by atoms with E-state index in [2.05, 4.69) is 27.4 Å². The normalized spacial score (nSPS) is 20.3. The van der Waals surface area contributed by atoms with Crippen LogP contribution in [0.2, 0.25) is 0 Å². The van der Waals surface area contributed by atoms with Gasteiger partial charge in [-0.25, -0.2) is 4.98 Å². The third kappa shape index (κ3) is 3.62. The van der Waals surface area contributed by atoms with E-state index >= 15 is 0 Å². The molecule has 2 amide bonds. The minimum Gasteiger partial charge on any atom is -0.383 e. The second-order valence-electron chi connectivity index (χ2n) is 6.57. The predicted molar refractivity (Wildman–Crippen MR) is 93.5 cm³/mol. The van der Waals surface area contributed by atoms with E-state index in [1.165, 1.54) is 6.20 Å². The summed E-state index contributed by atoms with van der Waals surface area (Å²) >= 11 is 0. The van der Waals surface area contributed by atoms with Crippen LogP contribution in [0.5, 0.6) is 0 Å². The Morgan fingerprint density at radius 2 is 2.16 bits per heavy atom. The molecule has 8 nitrogen and oxygen atoms in total. The highest BCUT2D eigenvalue weighted by atomic mass is 16.2. The number of aryl methyl sites for hydroxylation is 1. The van der Waals surface area contributed by atoms with Gasteiger partial charge < -0.3 is 16.0 Å². The van der Waals surface area contributed by atoms with Crippen LogP contribution in [0, 0.1) is 12.8 Å². The molecule has 8 heteroatoms. The highest BCUT2D eigenvalue weighted by Gasteiger charge is 2.34. The first-order valence-corrected chi connectivity index (χ1v) is 8.28. The largest absolute Gasteiger partial charge is 0.383 e. The number of anilines is 2. The van der Waals surface area contributed by atoms with E-state index in [1.807, 2.05) is 0 Å². The minimum absolute atomic E-state index is 0.139. The Labute approximate surface area is 145 Å². The van der Waals surface area contributed by atoms with E-state index in [1.54, 1.807) is 30.3 Å². The number of nitrogen functional groups attached to an aromatic ring is 1. The van der Waals surface area contributed by atoms with Crippen LogP contribution >= 0.6 is 0 Å². The van der Waals surface area contributed by atoms with Gasteiger partial charge >= 0.3 is 11.8 Å². The van der Waals surface area contributed by atoms with E-state index in [-0.39, 0.29) is 6.04 Å². The SMILES string of the molecule is Cc1cc(NC(=O)C(=O)N2C[C@@H](C)CCC2c2cn[nH]c2)cnc1N. The van der Waals surface area contributed by atoms with E-state index in [0.29, 0.717) is 24.0 Å². The van der Waals surface area contributed by atoms with E-state index in [0.717, 1.165) is 24.0 Å². The quantitative estimate of drug-likeness (QED) is 0.717. The molecule has 0 aliphatic carbocycles. The third-order valence-electron chi connectivity index (χ3n) is 4.55. The first-order chi connectivity index (χ1) is 12.0. The summed E-state index contributed by atoms with van der Waals surface area (Å²) in [6.07, 6.45) is 6.72. The van der Waals surface area contributed by atoms with Crippen LogP contribution in [0.1, 0.15) is 36.9 Å². The molecule has 1 fully saturated rings. The first-order valence-electron chi connectivity index (χ1n) is 8.28. The summed E-state index contributed by atoms with van der Waals surface area (Å²) < 4.78 is 0. The van der Waals surface area contributed by atoms with Crippen LogP contribution in [0.3, 0.4) is 0 Å². The number of aromatic nitrogens is 3. The summed E-state index contributed by atoms with van der Waals surface area (Å²) in [5.74, 6) is -0.477. The number of likely N-dealkylation sites (tertiary alicyclic amines) is 1. The van der Waals surface area contributed by atoms with E-state index < -0.39 is 11.8 Å². The lowest BCUT2D eigenvalue weighted by atomic mass is 9.91. The molecule has 0 radical (unpaired) electrons. The van der Waals surface area contributed by atoms with Crippen LogP contribution in [-0.2, 0) is 9.59 Å². The molecule has 0 saturated carbocycles. The van der Waals surface area contributed by atoms with Crippen LogP contribution in [0.15, 0.2) is 24.7 Å². The summed E-state index contributed by atoms with van der Waals surface area (Å²) in [6.45, 7) is 4.42. The molecule has 4 N–H and O–H groups in total. The van der Waals surface area contributed by atoms with Crippen molar-refractivity contribution >= 4 is 23.3 Å². The zero-order valence-electron chi connectivity index (χ0n) is 14.3. The van der Waals surface area contributed by atoms with Gasteiger partial charge in [-0.15, -0.1) is 0 Å². The number of rotatable bonds is 2. The summed E-state index contributed by atoms with van der Waals surface area (Å²) in [7, 11) is 0. The maximum Gasteiger partial charge on any atom is 0.313 e. The van der Waals surface area contributed by atoms with E-state index in [9.17, 15) is 9.59 Å². The summed E-state index contributed by atoms with van der Waals surface area (Å²) in [5.41, 5.74) is 7.79. The number of piperidine rings is 1. The molecular weight excluding hydrogens is 320 g/mol. The number of nitrogens with one attached hydrogen (secondary N) is 2. The van der Waals surface area contributed by atoms with Crippen LogP contribution in [-0.4, -0.2) is 38.4 Å². The maximum atomic E-state index is 12.7. The number of H-pyrrole nitrogens is 1. The van der Waals surface area contributed by atoms with Crippen molar-refractivity contribution in [1.82, 2.24) is 20.1 Å². The molecule has 132 valence electrons. The van der Waals surface area contributed by atoms with Gasteiger partial charge in [0, 0.05) is 18.3 Å². The second-order valence-corrected chi connectivity index (χ2v) is 6.57. The van der Waals surface area contributed by atoms with E-state index in [4.69, 9.17) is 5.73 Å². The number of nitrogens with two attached hydrogens (primary N) is 1. The Morgan fingerprint density at radius 1 is 1.36 bits per heavy atom. The van der Waals surface area contributed by atoms with Crippen molar-refractivity contribution in [1.29, 1.82) is 0 Å². The lowest BCUT2D eigenvalue weighted by Crippen LogP contribution is -2.46. The highest BCUT2D eigenvalue weighted by Crippen LogP contribution is 2.33. The van der Waals surface area contributed by atoms with Crippen molar-refractivity contribution in [2.45, 2.75) is 32.7 Å². The smallest absolute Gasteiger partial charge is 0.313 e. The molecule has 1 aliphatic rings. The fourth-order valence-corrected chi connectivity index (χ4v) is 3.14. The van der Waals surface area contributed by atoms with Gasteiger partial charge in [-0.3, -0.25) is 14.7 Å². The van der Waals surface area contributed by atoms with Crippen LogP contribution in [0.25, 0.3) is 0 Å². The molecule has 1 saturated heterocycles. The van der Waals surface area contributed by atoms with Gasteiger partial charge in [0.05, 0.1) is 24.1 Å². The topological polar surface area (TPSA) is 117 Å². The molecule has 0 spiro atoms. The number of hydrogen-bond acceptors (Lipinski definition) is 5. The molecule has 2 atom stereocenters. The molecule has 3 rings (SSSR count). The Morgan fingerprint density at radius 3 is 2.84 bits per heavy atom. The lowest BCUT2D eigenvalue weighted by molar-refractivity contribution is -0.146. The second kappa shape index (κ2) is 6.92. The number of carbonyl (C=O) groups is 2. The number of nitrogens with zero attached hydrogens (tertiary/aromatic N) is 3. The first kappa shape index (κ1) is 16.9. The average molecular weight is 342 g/mol. The number of hydrogen-bond donors (Lipinski definition) is 3. The Hall–Kier alpha value is -2.90. The van der Waals surface area contributed by atoms with Crippen LogP contribution < -0.4 is 11.1 Å². The number of carbonyl (C=O) groups excluding carboxylic acids is 2. The number of amides is 2. The fourth-order valence-electron chi connectivity index (χ4n) is 3.14. The lowest BCUT2D eigenvalue weighted by Gasteiger charge is -2.37. The van der Waals surface area contributed by atoms with Crippen molar-refractivity contribution in [3.63, 3.8) is 0 Å². The van der Waals surface area contributed by atoms with Crippen molar-refractivity contribution in [3.05, 3.63) is 35.8 Å². The summed E-state index contributed by atoms with van der Waals surface area (Å²) in [4.78, 5) is 30.8. The van der Waals surface area contributed by atoms with Crippen molar-refractivity contribution in [3.8, 4) is 0 Å². The molecule has 25 heavy (non-hydrogen) atoms. The monoisotopic (exact) mass is 342 g/mol. The standard InChI is InChI=1S/C17H22N6O2/c1-10-3-4-14(12-6-20-21-7-12)23(9-10)17(25)16(24)22-13-5-11(2)15(18)19-8-13/h5-8,10,14H,3-4,9H2,1-2H3,(H2,18,19)(H,20,21)(H,22,24)/t10-,14?/m0/s1. The number of aromatic amines is 1. The van der Waals surface area contributed by atoms with Gasteiger partial charge in [-0.05, 0) is 37.3 Å². The van der Waals surface area contributed by atoms with Gasteiger partial charge in [-0.2, -0.15) is 5.10 Å². The van der Waals surface area contributed by atoms with Crippen molar-refractivity contribution < 1.29 is 9.59 Å². The zero-order valence-corrected chi connectivity index (χ0v) is 14.3. The Balaban J connectivity index is 1.76. The van der Waals surface area contributed by atoms with Crippen molar-refractivity contribution in [2.75, 3.05) is 17.6 Å². The van der Waals surface area contributed by atoms with Gasteiger partial charge in [0.25, 0.3) is 0 Å². The van der Waals surface area contributed by atoms with Crippen LogP contribution in [0.4, 0.5) is 11.5 Å². The minimum atomic E-state index is -0.673. The van der Waals surface area contributed by atoms with Crippen molar-refractivity contribution in [2.24, 2.45) is 5.92 Å². The third-order valence-corrected chi connectivity index (χ3v) is 4.55. The van der Waals surface area contributed by atoms with Gasteiger partial charge in [0.15, 0.2) is 0 Å². The Kier molecular flexibility index (Phi) is 4.69. The molecule has 0 bridgehead atoms. The predicted octanol–water partition coefficient (Wildman–Crippen LogP) is 1.63. The highest BCUT2D eigenvalue weighted by molar-refractivity contribution is 6.39. The van der Waals surface area contributed by atoms with Gasteiger partial charge in [0.1, 0.15) is 5.82 Å². The average Bonchev–Trinajstić information content (AvgIpc) is 3.11. The molecule has 2 aromatic heterocycles. The Bertz CT molecular complexity index is 773. The van der Waals surface area contributed by atoms with Gasteiger partial charge in [0.2, 0.25) is 0 Å². The zero-order chi connectivity index (χ0) is 18.0. The maximum absolute atomic E-state index is 12.7. The molecule has 2 aromatic rings. The summed E-state index contributed by atoms with van der Waals surface area (Å²) in [6, 6.07) is 1.55. The van der Waals surface area contributed by atoms with Gasteiger partial charge in [-0.1, -0.05) is 6.92 Å².